The van der Waals surface area contributed by atoms with Crippen molar-refractivity contribution in [2.75, 3.05) is 13.1 Å². The average molecular weight is 488 g/mol. The fourth-order valence-electron chi connectivity index (χ4n) is 5.64. The summed E-state index contributed by atoms with van der Waals surface area (Å²) >= 11 is 0. The van der Waals surface area contributed by atoms with E-state index >= 15 is 0 Å². The number of nitrogens with zero attached hydrogens (tertiary/aromatic N) is 2. The Morgan fingerprint density at radius 1 is 0.972 bits per heavy atom. The maximum Gasteiger partial charge on any atom is 0.253 e. The number of carbonyl (C=O) groups excluding carboxylic acids is 2. The summed E-state index contributed by atoms with van der Waals surface area (Å²) in [6, 6.07) is 13.9. The first-order valence-electron chi connectivity index (χ1n) is 13.6. The summed E-state index contributed by atoms with van der Waals surface area (Å²) < 4.78 is 5.92. The van der Waals surface area contributed by atoms with E-state index in [9.17, 15) is 9.59 Å². The molecule has 0 bridgehead atoms. The Bertz CT molecular complexity index is 1200. The number of fused-ring (bicyclic) bond motifs is 1. The van der Waals surface area contributed by atoms with Crippen molar-refractivity contribution in [3.05, 3.63) is 53.6 Å². The number of piperidine rings is 1. The summed E-state index contributed by atoms with van der Waals surface area (Å²) in [7, 11) is 0. The first kappa shape index (κ1) is 24.5. The van der Waals surface area contributed by atoms with Crippen molar-refractivity contribution < 1.29 is 14.0 Å². The van der Waals surface area contributed by atoms with E-state index in [2.05, 4.69) is 17.2 Å². The molecule has 1 atom stereocenters. The minimum atomic E-state index is -0.0165. The number of aryl methyl sites for hydroxylation is 1. The molecule has 0 spiro atoms. The topological polar surface area (TPSA) is 75.4 Å². The predicted molar refractivity (Wildman–Crippen MR) is 142 cm³/mol. The highest BCUT2D eigenvalue weighted by molar-refractivity contribution is 5.97. The van der Waals surface area contributed by atoms with Gasteiger partial charge in [-0.2, -0.15) is 0 Å². The number of nitrogens with one attached hydrogen (secondary N) is 1. The molecule has 2 aliphatic rings. The molecule has 1 aliphatic heterocycles. The van der Waals surface area contributed by atoms with E-state index in [-0.39, 0.29) is 17.7 Å². The molecule has 2 amide bonds. The number of hydrogen-bond acceptors (Lipinski definition) is 4. The number of rotatable bonds is 5. The van der Waals surface area contributed by atoms with Crippen molar-refractivity contribution >= 4 is 22.9 Å². The van der Waals surface area contributed by atoms with E-state index in [0.717, 1.165) is 31.2 Å². The lowest BCUT2D eigenvalue weighted by Crippen LogP contribution is -2.44. The van der Waals surface area contributed by atoms with E-state index < -0.39 is 0 Å². The molecule has 6 nitrogen and oxygen atoms in total. The zero-order chi connectivity index (χ0) is 25.1. The van der Waals surface area contributed by atoms with Crippen molar-refractivity contribution in [1.82, 2.24) is 15.2 Å². The van der Waals surface area contributed by atoms with Gasteiger partial charge in [0.25, 0.3) is 5.91 Å². The lowest BCUT2D eigenvalue weighted by atomic mass is 9.84. The zero-order valence-corrected chi connectivity index (χ0v) is 21.5. The van der Waals surface area contributed by atoms with Crippen molar-refractivity contribution in [1.29, 1.82) is 0 Å². The smallest absolute Gasteiger partial charge is 0.253 e. The zero-order valence-electron chi connectivity index (χ0n) is 21.5. The van der Waals surface area contributed by atoms with E-state index in [4.69, 9.17) is 4.42 Å². The quantitative estimate of drug-likeness (QED) is 0.439. The third-order valence-electron chi connectivity index (χ3n) is 8.08. The molecule has 1 aliphatic carbocycles. The Morgan fingerprint density at radius 2 is 1.67 bits per heavy atom. The summed E-state index contributed by atoms with van der Waals surface area (Å²) in [4.78, 5) is 32.7. The van der Waals surface area contributed by atoms with Gasteiger partial charge in [0.2, 0.25) is 11.8 Å². The van der Waals surface area contributed by atoms with Crippen LogP contribution in [0, 0.1) is 18.8 Å². The van der Waals surface area contributed by atoms with Crippen molar-refractivity contribution in [2.24, 2.45) is 11.8 Å². The molecule has 1 saturated carbocycles. The van der Waals surface area contributed by atoms with Gasteiger partial charge in [0, 0.05) is 36.2 Å². The lowest BCUT2D eigenvalue weighted by Gasteiger charge is -2.35. The van der Waals surface area contributed by atoms with Gasteiger partial charge in [-0.05, 0) is 68.9 Å². The standard InChI is InChI=1S/C30H37N3O3/c1-20-9-11-23(12-10-20)29-32-26-19-24(13-14-27(26)36-29)30(35)33-17-15-22(16-18-33)21(2)28(34)31-25-7-5-3-4-6-8-25/h9-14,19,21-22,25H,3-8,15-18H2,1-2H3,(H,31,34)/t21-/m0/s1. The highest BCUT2D eigenvalue weighted by Gasteiger charge is 2.31. The third-order valence-corrected chi connectivity index (χ3v) is 8.08. The molecule has 2 aromatic carbocycles. The molecule has 190 valence electrons. The molecular weight excluding hydrogens is 450 g/mol. The Morgan fingerprint density at radius 3 is 2.36 bits per heavy atom. The van der Waals surface area contributed by atoms with Crippen LogP contribution in [0.5, 0.6) is 0 Å². The molecule has 5 rings (SSSR count). The maximum atomic E-state index is 13.3. The molecule has 6 heteroatoms. The number of likely N-dealkylation sites (tertiary alicyclic amines) is 1. The number of benzene rings is 2. The summed E-state index contributed by atoms with van der Waals surface area (Å²) in [6.07, 6.45) is 8.92. The van der Waals surface area contributed by atoms with Crippen molar-refractivity contribution in [2.45, 2.75) is 71.3 Å². The van der Waals surface area contributed by atoms with Gasteiger partial charge in [0.1, 0.15) is 5.52 Å². The largest absolute Gasteiger partial charge is 0.436 e. The van der Waals surface area contributed by atoms with Crippen LogP contribution in [0.15, 0.2) is 46.9 Å². The van der Waals surface area contributed by atoms with Crippen LogP contribution in [0.4, 0.5) is 0 Å². The number of hydrogen-bond donors (Lipinski definition) is 1. The van der Waals surface area contributed by atoms with Gasteiger partial charge in [0.05, 0.1) is 0 Å². The van der Waals surface area contributed by atoms with Gasteiger partial charge >= 0.3 is 0 Å². The Balaban J connectivity index is 1.18. The van der Waals surface area contributed by atoms with E-state index in [1.54, 1.807) is 0 Å². The van der Waals surface area contributed by atoms with Crippen LogP contribution in [0.25, 0.3) is 22.6 Å². The van der Waals surface area contributed by atoms with Gasteiger partial charge in [0.15, 0.2) is 5.58 Å². The van der Waals surface area contributed by atoms with E-state index in [1.165, 1.54) is 31.2 Å². The molecule has 3 aromatic rings. The molecule has 2 heterocycles. The second-order valence-corrected chi connectivity index (χ2v) is 10.7. The second-order valence-electron chi connectivity index (χ2n) is 10.7. The molecule has 0 unspecified atom stereocenters. The molecule has 1 aromatic heterocycles. The van der Waals surface area contributed by atoms with Crippen molar-refractivity contribution in [3.63, 3.8) is 0 Å². The van der Waals surface area contributed by atoms with E-state index in [0.29, 0.717) is 47.6 Å². The Labute approximate surface area is 213 Å². The number of amides is 2. The van der Waals surface area contributed by atoms with Crippen LogP contribution < -0.4 is 5.32 Å². The SMILES string of the molecule is Cc1ccc(-c2nc3cc(C(=O)N4CCC([C@H](C)C(=O)NC5CCCCCC5)CC4)ccc3o2)cc1. The highest BCUT2D eigenvalue weighted by atomic mass is 16.3. The molecule has 1 saturated heterocycles. The summed E-state index contributed by atoms with van der Waals surface area (Å²) in [5, 5.41) is 3.31. The van der Waals surface area contributed by atoms with Gasteiger partial charge < -0.3 is 14.6 Å². The number of carbonyl (C=O) groups is 2. The van der Waals surface area contributed by atoms with Crippen LogP contribution in [0.2, 0.25) is 0 Å². The first-order valence-corrected chi connectivity index (χ1v) is 13.6. The Hall–Kier alpha value is -3.15. The molecule has 1 N–H and O–H groups in total. The summed E-state index contributed by atoms with van der Waals surface area (Å²) in [5.74, 6) is 1.07. The molecular formula is C30H37N3O3. The Kier molecular flexibility index (Phi) is 7.40. The first-order chi connectivity index (χ1) is 17.5. The minimum absolute atomic E-state index is 0.0165. The van der Waals surface area contributed by atoms with E-state index in [1.807, 2.05) is 54.3 Å². The normalized spacial score (nSPS) is 18.7. The van der Waals surface area contributed by atoms with Crippen LogP contribution in [0.1, 0.15) is 74.2 Å². The molecule has 36 heavy (non-hydrogen) atoms. The van der Waals surface area contributed by atoms with Gasteiger partial charge in [-0.1, -0.05) is 50.3 Å². The van der Waals surface area contributed by atoms with Gasteiger partial charge in [-0.15, -0.1) is 0 Å². The number of aromatic nitrogens is 1. The highest BCUT2D eigenvalue weighted by Crippen LogP contribution is 2.29. The van der Waals surface area contributed by atoms with Crippen LogP contribution in [-0.4, -0.2) is 40.8 Å². The van der Waals surface area contributed by atoms with Gasteiger partial charge in [-0.25, -0.2) is 4.98 Å². The fourth-order valence-corrected chi connectivity index (χ4v) is 5.64. The second kappa shape index (κ2) is 10.9. The summed E-state index contributed by atoms with van der Waals surface area (Å²) in [6.45, 7) is 5.45. The monoisotopic (exact) mass is 487 g/mol. The fraction of sp³-hybridized carbons (Fsp3) is 0.500. The average Bonchev–Trinajstić information content (AvgIpc) is 3.16. The third kappa shape index (κ3) is 5.48. The molecule has 0 radical (unpaired) electrons. The van der Waals surface area contributed by atoms with Crippen LogP contribution in [-0.2, 0) is 4.79 Å². The van der Waals surface area contributed by atoms with Crippen LogP contribution in [0.3, 0.4) is 0 Å². The van der Waals surface area contributed by atoms with Crippen LogP contribution >= 0.6 is 0 Å². The number of oxazole rings is 1. The van der Waals surface area contributed by atoms with Gasteiger partial charge in [-0.3, -0.25) is 9.59 Å². The molecule has 2 fully saturated rings. The lowest BCUT2D eigenvalue weighted by molar-refractivity contribution is -0.127. The predicted octanol–water partition coefficient (Wildman–Crippen LogP) is 6.13. The maximum absolute atomic E-state index is 13.3. The van der Waals surface area contributed by atoms with Crippen molar-refractivity contribution in [3.8, 4) is 11.5 Å². The minimum Gasteiger partial charge on any atom is -0.436 e. The summed E-state index contributed by atoms with van der Waals surface area (Å²) in [5.41, 5.74) is 4.10.